The van der Waals surface area contributed by atoms with Crippen molar-refractivity contribution < 1.29 is 33.0 Å². The highest BCUT2D eigenvalue weighted by molar-refractivity contribution is 5.88. The predicted molar refractivity (Wildman–Crippen MR) is 167 cm³/mol. The third-order valence-electron chi connectivity index (χ3n) is 9.00. The largest absolute Gasteiger partial charge is 0.472 e. The summed E-state index contributed by atoms with van der Waals surface area (Å²) in [4.78, 5) is 47.3. The molecular weight excluding hydrogens is 597 g/mol. The summed E-state index contributed by atoms with van der Waals surface area (Å²) >= 11 is 0. The van der Waals surface area contributed by atoms with Gasteiger partial charge in [0.25, 0.3) is 5.91 Å². The fourth-order valence-corrected chi connectivity index (χ4v) is 6.15. The van der Waals surface area contributed by atoms with E-state index < -0.39 is 23.3 Å². The summed E-state index contributed by atoms with van der Waals surface area (Å²) in [6, 6.07) is 1.90. The molecule has 46 heavy (non-hydrogen) atoms. The van der Waals surface area contributed by atoms with Gasteiger partial charge in [0, 0.05) is 37.3 Å². The van der Waals surface area contributed by atoms with Crippen LogP contribution in [-0.4, -0.2) is 116 Å². The molecule has 0 aromatic carbocycles. The van der Waals surface area contributed by atoms with Gasteiger partial charge in [-0.3, -0.25) is 4.79 Å². The minimum Gasteiger partial charge on any atom is -0.472 e. The molecule has 0 unspecified atom stereocenters. The third-order valence-corrected chi connectivity index (χ3v) is 9.00. The summed E-state index contributed by atoms with van der Waals surface area (Å²) in [7, 11) is 0. The van der Waals surface area contributed by atoms with E-state index in [4.69, 9.17) is 19.2 Å². The Morgan fingerprint density at radius 2 is 1.67 bits per heavy atom. The highest BCUT2D eigenvalue weighted by Gasteiger charge is 2.53. The Morgan fingerprint density at radius 1 is 0.978 bits per heavy atom. The Hall–Kier alpha value is -3.84. The molecule has 13 nitrogen and oxygen atoms in total. The second kappa shape index (κ2) is 12.4. The number of rotatable bonds is 7. The van der Waals surface area contributed by atoms with Crippen molar-refractivity contribution in [2.75, 3.05) is 44.6 Å². The Labute approximate surface area is 268 Å². The highest BCUT2D eigenvalue weighted by atomic mass is 19.1. The number of halogens is 1. The lowest BCUT2D eigenvalue weighted by Gasteiger charge is -2.40. The van der Waals surface area contributed by atoms with Crippen LogP contribution in [0, 0.1) is 0 Å². The number of piperidine rings is 2. The Morgan fingerprint density at radius 3 is 2.33 bits per heavy atom. The van der Waals surface area contributed by atoms with Gasteiger partial charge in [0.1, 0.15) is 23.6 Å². The van der Waals surface area contributed by atoms with Crippen molar-refractivity contribution in [3.05, 3.63) is 17.8 Å². The van der Waals surface area contributed by atoms with Crippen molar-refractivity contribution in [3.8, 4) is 5.88 Å². The zero-order valence-electron chi connectivity index (χ0n) is 27.5. The molecule has 3 aliphatic heterocycles. The van der Waals surface area contributed by atoms with Gasteiger partial charge >= 0.3 is 12.2 Å². The molecule has 1 N–H and O–H groups in total. The maximum atomic E-state index is 14.5. The van der Waals surface area contributed by atoms with Gasteiger partial charge < -0.3 is 34.2 Å². The van der Waals surface area contributed by atoms with E-state index in [1.54, 1.807) is 14.3 Å². The van der Waals surface area contributed by atoms with E-state index in [1.165, 1.54) is 4.90 Å². The van der Waals surface area contributed by atoms with Crippen LogP contribution in [0.15, 0.2) is 12.3 Å². The first-order valence-electron chi connectivity index (χ1n) is 16.5. The SMILES string of the molecule is CC(C)c1cnn2c(NC3CCN(C(=O)OC4CN(C(=O)OC(C)(C)C)C4)CC3)cc(O[C@@H]3CCCN(C(=O)C4(F)CC4)C3)nc12. The minimum absolute atomic E-state index is 0.0719. The van der Waals surface area contributed by atoms with Gasteiger partial charge in [-0.25, -0.2) is 14.0 Å². The van der Waals surface area contributed by atoms with E-state index in [1.807, 2.05) is 33.0 Å². The fourth-order valence-electron chi connectivity index (χ4n) is 6.15. The monoisotopic (exact) mass is 643 g/mol. The number of carbonyl (C=O) groups is 3. The number of anilines is 1. The minimum atomic E-state index is -1.69. The number of nitrogens with one attached hydrogen (secondary N) is 1. The molecular formula is C32H46FN7O6. The van der Waals surface area contributed by atoms with Gasteiger partial charge in [-0.15, -0.1) is 0 Å². The lowest BCUT2D eigenvalue weighted by atomic mass is 10.1. The summed E-state index contributed by atoms with van der Waals surface area (Å²) in [5.41, 5.74) is -0.578. The van der Waals surface area contributed by atoms with Crippen molar-refractivity contribution in [1.82, 2.24) is 29.3 Å². The highest BCUT2D eigenvalue weighted by Crippen LogP contribution is 2.42. The number of hydrogen-bond donors (Lipinski definition) is 1. The molecule has 0 spiro atoms. The quantitative estimate of drug-likeness (QED) is 0.468. The average molecular weight is 644 g/mol. The molecule has 252 valence electrons. The number of nitrogens with zero attached hydrogens (tertiary/aromatic N) is 6. The van der Waals surface area contributed by atoms with E-state index in [0.717, 1.165) is 24.2 Å². The molecule has 4 aliphatic rings. The standard InChI is InChI=1S/C32H46FN7O6/c1-20(2)24-16-34-40-25(15-26(36-27(24)40)44-22-7-6-12-38(17-22)28(41)32(33)10-11-32)35-21-8-13-37(14-9-21)29(42)45-23-18-39(19-23)30(43)46-31(3,4)5/h15-16,20-23,35H,6-14,17-19H2,1-5H3/t22-/m1/s1. The molecule has 5 heterocycles. The van der Waals surface area contributed by atoms with Crippen LogP contribution in [0.4, 0.5) is 19.8 Å². The van der Waals surface area contributed by atoms with Crippen LogP contribution < -0.4 is 10.1 Å². The van der Waals surface area contributed by atoms with E-state index in [-0.39, 0.29) is 30.3 Å². The van der Waals surface area contributed by atoms with Gasteiger partial charge in [0.15, 0.2) is 11.3 Å². The number of aromatic nitrogens is 3. The van der Waals surface area contributed by atoms with Gasteiger partial charge in [0.05, 0.1) is 25.8 Å². The van der Waals surface area contributed by atoms with Crippen LogP contribution in [0.5, 0.6) is 5.88 Å². The van der Waals surface area contributed by atoms with E-state index in [2.05, 4.69) is 24.3 Å². The Bertz CT molecular complexity index is 1460. The van der Waals surface area contributed by atoms with E-state index in [0.29, 0.717) is 76.5 Å². The molecule has 14 heteroatoms. The topological polar surface area (TPSA) is 131 Å². The summed E-state index contributed by atoms with van der Waals surface area (Å²) < 4.78 is 33.6. The molecule has 2 aromatic heterocycles. The Balaban J connectivity index is 1.05. The maximum Gasteiger partial charge on any atom is 0.410 e. The number of hydrogen-bond acceptors (Lipinski definition) is 9. The molecule has 2 aromatic rings. The van der Waals surface area contributed by atoms with E-state index in [9.17, 15) is 18.8 Å². The molecule has 1 saturated carbocycles. The summed E-state index contributed by atoms with van der Waals surface area (Å²) in [6.07, 6.45) is 3.93. The van der Waals surface area contributed by atoms with Crippen LogP contribution in [0.25, 0.3) is 5.65 Å². The number of alkyl halides is 1. The third kappa shape index (κ3) is 7.10. The molecule has 3 saturated heterocycles. The van der Waals surface area contributed by atoms with Crippen molar-refractivity contribution in [3.63, 3.8) is 0 Å². The van der Waals surface area contributed by atoms with Crippen LogP contribution in [0.3, 0.4) is 0 Å². The molecule has 0 bridgehead atoms. The number of carbonyl (C=O) groups excluding carboxylic acids is 3. The second-order valence-corrected chi connectivity index (χ2v) is 14.4. The number of fused-ring (bicyclic) bond motifs is 1. The molecule has 0 radical (unpaired) electrons. The summed E-state index contributed by atoms with van der Waals surface area (Å²) in [6.45, 7) is 12.2. The van der Waals surface area contributed by atoms with Crippen LogP contribution >= 0.6 is 0 Å². The first-order valence-corrected chi connectivity index (χ1v) is 16.5. The smallest absolute Gasteiger partial charge is 0.410 e. The van der Waals surface area contributed by atoms with E-state index >= 15 is 0 Å². The first kappa shape index (κ1) is 32.1. The van der Waals surface area contributed by atoms with Crippen molar-refractivity contribution in [2.45, 2.75) is 109 Å². The lowest BCUT2D eigenvalue weighted by molar-refractivity contribution is -0.140. The lowest BCUT2D eigenvalue weighted by Crippen LogP contribution is -2.57. The average Bonchev–Trinajstić information content (AvgIpc) is 3.57. The van der Waals surface area contributed by atoms with Gasteiger partial charge in [-0.2, -0.15) is 14.6 Å². The summed E-state index contributed by atoms with van der Waals surface area (Å²) in [5.74, 6) is 0.931. The van der Waals surface area contributed by atoms with Crippen molar-refractivity contribution >= 4 is 29.6 Å². The molecule has 1 aliphatic carbocycles. The van der Waals surface area contributed by atoms with Crippen LogP contribution in [0.1, 0.15) is 84.6 Å². The molecule has 4 fully saturated rings. The van der Waals surface area contributed by atoms with Crippen LogP contribution in [-0.2, 0) is 14.3 Å². The number of likely N-dealkylation sites (tertiary alicyclic amines) is 3. The maximum absolute atomic E-state index is 14.5. The second-order valence-electron chi connectivity index (χ2n) is 14.4. The first-order chi connectivity index (χ1) is 21.8. The molecule has 1 atom stereocenters. The van der Waals surface area contributed by atoms with Crippen LogP contribution in [0.2, 0.25) is 0 Å². The van der Waals surface area contributed by atoms with Gasteiger partial charge in [0.2, 0.25) is 5.88 Å². The number of ether oxygens (including phenoxy) is 3. The number of amides is 3. The predicted octanol–water partition coefficient (Wildman–Crippen LogP) is 4.36. The van der Waals surface area contributed by atoms with Crippen molar-refractivity contribution in [1.29, 1.82) is 0 Å². The van der Waals surface area contributed by atoms with Crippen molar-refractivity contribution in [2.24, 2.45) is 0 Å². The molecule has 3 amide bonds. The van der Waals surface area contributed by atoms with Gasteiger partial charge in [-0.1, -0.05) is 13.8 Å². The fraction of sp³-hybridized carbons (Fsp3) is 0.719. The molecule has 6 rings (SSSR count). The summed E-state index contributed by atoms with van der Waals surface area (Å²) in [5, 5.41) is 8.21. The zero-order valence-corrected chi connectivity index (χ0v) is 27.5. The Kier molecular flexibility index (Phi) is 8.66. The normalized spacial score (nSPS) is 22.1. The van der Waals surface area contributed by atoms with Gasteiger partial charge in [-0.05, 0) is 65.2 Å². The zero-order chi connectivity index (χ0) is 32.8.